The highest BCUT2D eigenvalue weighted by Gasteiger charge is 2.36. The van der Waals surface area contributed by atoms with E-state index in [0.717, 1.165) is 11.1 Å². The average molecular weight is 349 g/mol. The SMILES string of the molecule is N=C(N)Nc1cccc(C(=O)N2[C]Cc3ccccc3C2C(=O)CN)c1. The number of ketones is 1. The molecule has 3 rings (SSSR count). The van der Waals surface area contributed by atoms with E-state index in [4.69, 9.17) is 16.9 Å². The Labute approximate surface area is 151 Å². The minimum Gasteiger partial charge on any atom is -0.370 e. The summed E-state index contributed by atoms with van der Waals surface area (Å²) in [5, 5.41) is 9.95. The summed E-state index contributed by atoms with van der Waals surface area (Å²) in [5.74, 6) is -0.842. The van der Waals surface area contributed by atoms with Crippen molar-refractivity contribution >= 4 is 23.3 Å². The van der Waals surface area contributed by atoms with Crippen LogP contribution in [0, 0.1) is 12.0 Å². The molecule has 1 amide bonds. The lowest BCUT2D eigenvalue weighted by molar-refractivity contribution is -0.122. The van der Waals surface area contributed by atoms with E-state index in [1.54, 1.807) is 24.3 Å². The zero-order chi connectivity index (χ0) is 18.7. The minimum atomic E-state index is -0.790. The second kappa shape index (κ2) is 7.37. The van der Waals surface area contributed by atoms with Gasteiger partial charge in [0.1, 0.15) is 12.6 Å². The third kappa shape index (κ3) is 3.43. The van der Waals surface area contributed by atoms with E-state index in [0.29, 0.717) is 17.7 Å². The van der Waals surface area contributed by atoms with Gasteiger partial charge in [-0.2, -0.15) is 0 Å². The first-order valence-corrected chi connectivity index (χ1v) is 8.10. The molecule has 0 fully saturated rings. The minimum absolute atomic E-state index is 0.170. The normalized spacial score (nSPS) is 15.9. The fourth-order valence-electron chi connectivity index (χ4n) is 3.01. The summed E-state index contributed by atoms with van der Waals surface area (Å²) in [6.45, 7) is 2.85. The van der Waals surface area contributed by atoms with E-state index < -0.39 is 6.04 Å². The Morgan fingerprint density at radius 2 is 2.00 bits per heavy atom. The molecule has 7 heteroatoms. The molecule has 0 aromatic heterocycles. The van der Waals surface area contributed by atoms with E-state index in [2.05, 4.69) is 11.9 Å². The molecule has 0 bridgehead atoms. The van der Waals surface area contributed by atoms with Crippen molar-refractivity contribution in [2.75, 3.05) is 11.9 Å². The first kappa shape index (κ1) is 17.6. The van der Waals surface area contributed by atoms with Gasteiger partial charge in [0.2, 0.25) is 0 Å². The van der Waals surface area contributed by atoms with Gasteiger partial charge in [0.15, 0.2) is 11.7 Å². The number of rotatable bonds is 4. The van der Waals surface area contributed by atoms with Gasteiger partial charge in [0.05, 0.1) is 6.54 Å². The molecule has 7 nitrogen and oxygen atoms in total. The van der Waals surface area contributed by atoms with E-state index in [1.807, 2.05) is 24.3 Å². The molecule has 0 spiro atoms. The number of hydrogen-bond donors (Lipinski definition) is 4. The lowest BCUT2D eigenvalue weighted by Gasteiger charge is -2.35. The van der Waals surface area contributed by atoms with Crippen LogP contribution in [0.4, 0.5) is 5.69 Å². The van der Waals surface area contributed by atoms with E-state index in [-0.39, 0.29) is 24.2 Å². The molecule has 1 unspecified atom stereocenters. The van der Waals surface area contributed by atoms with Gasteiger partial charge in [-0.15, -0.1) is 0 Å². The van der Waals surface area contributed by atoms with Crippen molar-refractivity contribution in [3.63, 3.8) is 0 Å². The van der Waals surface area contributed by atoms with Crippen molar-refractivity contribution in [3.05, 3.63) is 71.8 Å². The molecule has 6 N–H and O–H groups in total. The molecule has 0 aliphatic carbocycles. The van der Waals surface area contributed by atoms with Crippen LogP contribution >= 0.6 is 0 Å². The molecule has 1 aliphatic rings. The third-order valence-electron chi connectivity index (χ3n) is 4.16. The van der Waals surface area contributed by atoms with Crippen LogP contribution in [0.2, 0.25) is 0 Å². The molecule has 2 radical (unpaired) electrons. The highest BCUT2D eigenvalue weighted by molar-refractivity contribution is 6.01. The average Bonchev–Trinajstić information content (AvgIpc) is 2.65. The number of Topliss-reactive ketones (excluding diaryl/α,β-unsaturated/α-hetero) is 1. The number of fused-ring (bicyclic) bond motifs is 1. The van der Waals surface area contributed by atoms with Crippen molar-refractivity contribution in [2.24, 2.45) is 11.5 Å². The van der Waals surface area contributed by atoms with Gasteiger partial charge in [0, 0.05) is 17.7 Å². The Balaban J connectivity index is 1.96. The molecule has 1 aliphatic heterocycles. The topological polar surface area (TPSA) is 125 Å². The number of amides is 1. The summed E-state index contributed by atoms with van der Waals surface area (Å²) in [7, 11) is 0. The summed E-state index contributed by atoms with van der Waals surface area (Å²) in [5.41, 5.74) is 13.5. The lowest BCUT2D eigenvalue weighted by Crippen LogP contribution is -2.42. The van der Waals surface area contributed by atoms with Crippen LogP contribution in [0.15, 0.2) is 48.5 Å². The highest BCUT2D eigenvalue weighted by Crippen LogP contribution is 2.33. The van der Waals surface area contributed by atoms with E-state index in [9.17, 15) is 9.59 Å². The molecule has 1 atom stereocenters. The summed E-state index contributed by atoms with van der Waals surface area (Å²) < 4.78 is 0. The molecule has 132 valence electrons. The molecule has 26 heavy (non-hydrogen) atoms. The van der Waals surface area contributed by atoms with Crippen LogP contribution < -0.4 is 16.8 Å². The van der Waals surface area contributed by atoms with Gasteiger partial charge in [0.25, 0.3) is 5.91 Å². The number of nitrogens with two attached hydrogens (primary N) is 2. The van der Waals surface area contributed by atoms with Gasteiger partial charge < -0.3 is 21.7 Å². The number of hydrogen-bond acceptors (Lipinski definition) is 4. The quantitative estimate of drug-likeness (QED) is 0.489. The van der Waals surface area contributed by atoms with Crippen LogP contribution in [0.3, 0.4) is 0 Å². The van der Waals surface area contributed by atoms with E-state index >= 15 is 0 Å². The number of benzene rings is 2. The van der Waals surface area contributed by atoms with Crippen molar-refractivity contribution in [1.29, 1.82) is 5.41 Å². The standard InChI is InChI=1S/C19H19N5O2/c20-11-16(25)17-15-7-2-1-4-12(15)8-9-24(17)18(26)13-5-3-6-14(10-13)23-19(21)22/h1-7,10,17H,8,11,20H2,(H4,21,22,23). The fourth-order valence-corrected chi connectivity index (χ4v) is 3.01. The Kier molecular flexibility index (Phi) is 4.99. The van der Waals surface area contributed by atoms with Gasteiger partial charge >= 0.3 is 0 Å². The predicted molar refractivity (Wildman–Crippen MR) is 98.3 cm³/mol. The molecular weight excluding hydrogens is 330 g/mol. The predicted octanol–water partition coefficient (Wildman–Crippen LogP) is 1.30. The summed E-state index contributed by atoms with van der Waals surface area (Å²) in [6, 6.07) is 13.3. The summed E-state index contributed by atoms with van der Waals surface area (Å²) in [6.07, 6.45) is 0.432. The van der Waals surface area contributed by atoms with Crippen LogP contribution in [0.5, 0.6) is 0 Å². The van der Waals surface area contributed by atoms with Gasteiger partial charge in [-0.25, -0.2) is 0 Å². The van der Waals surface area contributed by atoms with Gasteiger partial charge in [-0.05, 0) is 29.3 Å². The van der Waals surface area contributed by atoms with E-state index in [1.165, 1.54) is 4.90 Å². The van der Waals surface area contributed by atoms with Crippen molar-refractivity contribution < 1.29 is 9.59 Å². The second-order valence-electron chi connectivity index (χ2n) is 5.90. The largest absolute Gasteiger partial charge is 0.370 e. The summed E-state index contributed by atoms with van der Waals surface area (Å²) in [4.78, 5) is 26.8. The zero-order valence-corrected chi connectivity index (χ0v) is 14.0. The van der Waals surface area contributed by atoms with Crippen molar-refractivity contribution in [1.82, 2.24) is 4.90 Å². The maximum Gasteiger partial charge on any atom is 0.255 e. The Morgan fingerprint density at radius 3 is 2.73 bits per heavy atom. The number of carbonyl (C=O) groups is 2. The number of nitrogens with zero attached hydrogens (tertiary/aromatic N) is 1. The monoisotopic (exact) mass is 349 g/mol. The van der Waals surface area contributed by atoms with Gasteiger partial charge in [-0.1, -0.05) is 30.3 Å². The molecular formula is C19H19N5O2. The fraction of sp³-hybridized carbons (Fsp3) is 0.158. The van der Waals surface area contributed by atoms with Crippen LogP contribution in [-0.2, 0) is 11.2 Å². The molecule has 2 aromatic carbocycles. The maximum absolute atomic E-state index is 13.0. The molecule has 1 heterocycles. The Hall–Kier alpha value is -3.19. The number of anilines is 1. The Morgan fingerprint density at radius 1 is 1.23 bits per heavy atom. The first-order chi connectivity index (χ1) is 12.5. The van der Waals surface area contributed by atoms with Crippen LogP contribution in [0.25, 0.3) is 0 Å². The van der Waals surface area contributed by atoms with Gasteiger partial charge in [-0.3, -0.25) is 15.0 Å². The second-order valence-corrected chi connectivity index (χ2v) is 5.90. The number of carbonyl (C=O) groups excluding carboxylic acids is 2. The number of guanidine groups is 1. The van der Waals surface area contributed by atoms with Crippen LogP contribution in [0.1, 0.15) is 27.5 Å². The summed E-state index contributed by atoms with van der Waals surface area (Å²) >= 11 is 0. The van der Waals surface area contributed by atoms with Crippen LogP contribution in [-0.4, -0.2) is 29.1 Å². The Bertz CT molecular complexity index is 865. The maximum atomic E-state index is 13.0. The first-order valence-electron chi connectivity index (χ1n) is 8.10. The molecule has 0 saturated carbocycles. The van der Waals surface area contributed by atoms with Crippen molar-refractivity contribution in [3.8, 4) is 0 Å². The smallest absolute Gasteiger partial charge is 0.255 e. The zero-order valence-electron chi connectivity index (χ0n) is 14.0. The lowest BCUT2D eigenvalue weighted by atomic mass is 9.89. The molecule has 0 saturated heterocycles. The molecule has 2 aromatic rings. The number of nitrogens with one attached hydrogen (secondary N) is 2. The van der Waals surface area contributed by atoms with Crippen molar-refractivity contribution in [2.45, 2.75) is 12.5 Å². The third-order valence-corrected chi connectivity index (χ3v) is 4.16. The highest BCUT2D eigenvalue weighted by atomic mass is 16.2.